The van der Waals surface area contributed by atoms with Gasteiger partial charge in [-0.05, 0) is 51.2 Å². The Kier molecular flexibility index (Phi) is 6.94. The fraction of sp³-hybridized carbons (Fsp3) is 0.269. The Morgan fingerprint density at radius 1 is 1.30 bits per heavy atom. The van der Waals surface area contributed by atoms with Crippen molar-refractivity contribution >= 4 is 40.3 Å². The summed E-state index contributed by atoms with van der Waals surface area (Å²) in [7, 11) is 3.92. The first-order valence-electron chi connectivity index (χ1n) is 12.0. The maximum absolute atomic E-state index is 13.0. The molecule has 0 spiro atoms. The first kappa shape index (κ1) is 24.9. The monoisotopic (exact) mass is 517 g/mol. The Balaban J connectivity index is 1.42. The van der Waals surface area contributed by atoms with E-state index in [1.807, 2.05) is 42.1 Å². The Labute approximate surface area is 219 Å². The number of fused-ring (bicyclic) bond motifs is 1. The first-order chi connectivity index (χ1) is 17.9. The van der Waals surface area contributed by atoms with Crippen molar-refractivity contribution in [2.24, 2.45) is 15.8 Å². The summed E-state index contributed by atoms with van der Waals surface area (Å²) in [6.07, 6.45) is 12.0. The molecule has 1 fully saturated rings. The van der Waals surface area contributed by atoms with Gasteiger partial charge in [-0.1, -0.05) is 6.08 Å². The average Bonchev–Trinajstić information content (AvgIpc) is 3.62. The molecule has 1 saturated heterocycles. The first-order valence-corrected chi connectivity index (χ1v) is 12.9. The Bertz CT molecular complexity index is 1340. The van der Waals surface area contributed by atoms with Crippen LogP contribution in [0.25, 0.3) is 0 Å². The van der Waals surface area contributed by atoms with Crippen molar-refractivity contribution in [3.05, 3.63) is 82.9 Å². The van der Waals surface area contributed by atoms with E-state index in [-0.39, 0.29) is 22.4 Å². The molecular formula is C26H29N8O2S+. The van der Waals surface area contributed by atoms with E-state index in [9.17, 15) is 9.59 Å². The lowest BCUT2D eigenvalue weighted by Crippen LogP contribution is -2.53. The molecule has 11 heteroatoms. The van der Waals surface area contributed by atoms with Gasteiger partial charge in [-0.2, -0.15) is 10.8 Å². The predicted octanol–water partition coefficient (Wildman–Crippen LogP) is 2.72. The SMILES string of the molecule is CN(C)CC=CC(=O)N1CCCC1C1=C2C=NC=C[N+]2(N)C(c2ccc(C(=O)Nc3nccs3)cc2)=N1. The number of likely N-dealkylation sites (N-methyl/N-ethyl adjacent to an activating group) is 1. The number of quaternary nitrogens is 1. The van der Waals surface area contributed by atoms with Crippen LogP contribution >= 0.6 is 11.3 Å². The average molecular weight is 518 g/mol. The molecule has 2 unspecified atom stereocenters. The minimum absolute atomic E-state index is 0.0323. The summed E-state index contributed by atoms with van der Waals surface area (Å²) in [6.45, 7) is 1.36. The number of thiazole rings is 1. The summed E-state index contributed by atoms with van der Waals surface area (Å²) in [5.41, 5.74) is 2.78. The summed E-state index contributed by atoms with van der Waals surface area (Å²) in [4.78, 5) is 42.9. The maximum atomic E-state index is 13.0. The number of carbonyl (C=O) groups is 2. The van der Waals surface area contributed by atoms with Gasteiger partial charge >= 0.3 is 0 Å². The van der Waals surface area contributed by atoms with Gasteiger partial charge in [-0.15, -0.1) is 15.9 Å². The second-order valence-corrected chi connectivity index (χ2v) is 10.2. The number of aromatic nitrogens is 1. The van der Waals surface area contributed by atoms with E-state index in [1.165, 1.54) is 11.3 Å². The van der Waals surface area contributed by atoms with Gasteiger partial charge in [0.1, 0.15) is 11.9 Å². The summed E-state index contributed by atoms with van der Waals surface area (Å²) in [6, 6.07) is 6.97. The minimum atomic E-state index is -0.238. The molecule has 2 amide bonds. The zero-order valence-corrected chi connectivity index (χ0v) is 21.6. The Morgan fingerprint density at radius 3 is 2.84 bits per heavy atom. The lowest BCUT2D eigenvalue weighted by molar-refractivity contribution is -0.750. The molecule has 0 aliphatic carbocycles. The fourth-order valence-corrected chi connectivity index (χ4v) is 5.17. The standard InChI is InChI=1S/C26H28N8O2S/c1-32(2)13-4-6-22(35)33-14-3-5-20(33)23-21-17-28-11-15-34(21,27)24(30-23)18-7-9-19(10-8-18)25(36)31-26-29-12-16-37-26/h4,6-12,15-17,20H,3,5,13-14,27H2,1-2H3/p+1. The predicted molar refractivity (Wildman–Crippen MR) is 145 cm³/mol. The van der Waals surface area contributed by atoms with Crippen molar-refractivity contribution in [1.29, 1.82) is 0 Å². The third-order valence-electron chi connectivity index (χ3n) is 6.46. The molecule has 0 saturated carbocycles. The quantitative estimate of drug-likeness (QED) is 0.333. The largest absolute Gasteiger partial charge is 0.330 e. The van der Waals surface area contributed by atoms with Gasteiger partial charge in [-0.3, -0.25) is 19.9 Å². The topological polar surface area (TPSA) is 116 Å². The van der Waals surface area contributed by atoms with Gasteiger partial charge in [0.2, 0.25) is 11.6 Å². The summed E-state index contributed by atoms with van der Waals surface area (Å²) in [5.74, 6) is 7.23. The van der Waals surface area contributed by atoms with E-state index in [2.05, 4.69) is 15.3 Å². The number of nitrogens with two attached hydrogens (primary N) is 1. The summed E-state index contributed by atoms with van der Waals surface area (Å²) < 4.78 is -0.140. The molecule has 0 radical (unpaired) electrons. The normalized spacial score (nSPS) is 22.8. The van der Waals surface area contributed by atoms with Gasteiger partial charge in [0.15, 0.2) is 5.13 Å². The van der Waals surface area contributed by atoms with Crippen LogP contribution in [0.3, 0.4) is 0 Å². The minimum Gasteiger partial charge on any atom is -0.330 e. The van der Waals surface area contributed by atoms with Crippen molar-refractivity contribution in [3.63, 3.8) is 0 Å². The zero-order chi connectivity index (χ0) is 26.0. The van der Waals surface area contributed by atoms with Gasteiger partial charge < -0.3 is 9.80 Å². The molecule has 2 atom stereocenters. The molecule has 0 bridgehead atoms. The van der Waals surface area contributed by atoms with Crippen LogP contribution in [-0.4, -0.2) is 76.5 Å². The Morgan fingerprint density at radius 2 is 2.11 bits per heavy atom. The molecule has 190 valence electrons. The third kappa shape index (κ3) is 4.94. The molecule has 1 aromatic heterocycles. The van der Waals surface area contributed by atoms with Crippen molar-refractivity contribution < 1.29 is 14.2 Å². The lowest BCUT2D eigenvalue weighted by atomic mass is 10.1. The molecule has 3 aliphatic heterocycles. The highest BCUT2D eigenvalue weighted by molar-refractivity contribution is 7.13. The number of hydrogen-bond donors (Lipinski definition) is 2. The van der Waals surface area contributed by atoms with Crippen LogP contribution in [-0.2, 0) is 4.79 Å². The number of rotatable bonds is 7. The van der Waals surface area contributed by atoms with Crippen LogP contribution in [0.4, 0.5) is 5.13 Å². The number of hydrogen-bond acceptors (Lipinski definition) is 8. The molecule has 10 nitrogen and oxygen atoms in total. The second-order valence-electron chi connectivity index (χ2n) is 9.28. The number of allylic oxidation sites excluding steroid dienone is 1. The molecule has 1 aromatic carbocycles. The molecule has 37 heavy (non-hydrogen) atoms. The molecular weight excluding hydrogens is 488 g/mol. The zero-order valence-electron chi connectivity index (χ0n) is 20.7. The van der Waals surface area contributed by atoms with Gasteiger partial charge in [0.05, 0.1) is 24.0 Å². The van der Waals surface area contributed by atoms with E-state index >= 15 is 0 Å². The van der Waals surface area contributed by atoms with E-state index < -0.39 is 0 Å². The third-order valence-corrected chi connectivity index (χ3v) is 7.15. The van der Waals surface area contributed by atoms with Crippen LogP contribution in [0.15, 0.2) is 81.8 Å². The van der Waals surface area contributed by atoms with Crippen LogP contribution in [0, 0.1) is 0 Å². The highest BCUT2D eigenvalue weighted by atomic mass is 32.1. The Hall–Kier alpha value is -3.77. The second kappa shape index (κ2) is 10.3. The number of carbonyl (C=O) groups excluding carboxylic acids is 2. The van der Waals surface area contributed by atoms with Crippen molar-refractivity contribution in [3.8, 4) is 0 Å². The fourth-order valence-electron chi connectivity index (χ4n) is 4.65. The van der Waals surface area contributed by atoms with Gasteiger partial charge in [0.25, 0.3) is 11.7 Å². The van der Waals surface area contributed by atoms with Crippen molar-refractivity contribution in [1.82, 2.24) is 14.8 Å². The lowest BCUT2D eigenvalue weighted by Gasteiger charge is -2.27. The summed E-state index contributed by atoms with van der Waals surface area (Å²) >= 11 is 1.36. The molecule has 2 aromatic rings. The number of amidine groups is 1. The highest BCUT2D eigenvalue weighted by Gasteiger charge is 2.48. The van der Waals surface area contributed by atoms with E-state index in [4.69, 9.17) is 10.8 Å². The number of nitrogens with zero attached hydrogens (tertiary/aromatic N) is 6. The maximum Gasteiger partial charge on any atom is 0.264 e. The van der Waals surface area contributed by atoms with Crippen LogP contribution in [0.2, 0.25) is 0 Å². The number of likely N-dealkylation sites (tertiary alicyclic amines) is 1. The number of amides is 2. The highest BCUT2D eigenvalue weighted by Crippen LogP contribution is 2.37. The van der Waals surface area contributed by atoms with Crippen LogP contribution in [0.1, 0.15) is 28.8 Å². The van der Waals surface area contributed by atoms with Gasteiger partial charge in [-0.25, -0.2) is 4.98 Å². The van der Waals surface area contributed by atoms with E-state index in [0.717, 1.165) is 29.8 Å². The van der Waals surface area contributed by atoms with E-state index in [1.54, 1.807) is 48.4 Å². The van der Waals surface area contributed by atoms with Crippen LogP contribution < -0.4 is 11.2 Å². The van der Waals surface area contributed by atoms with Gasteiger partial charge in [0, 0.05) is 36.3 Å². The number of nitrogens with one attached hydrogen (secondary N) is 1. The molecule has 4 heterocycles. The number of aliphatic imine (C=N–C) groups is 2. The smallest absolute Gasteiger partial charge is 0.264 e. The molecule has 3 aliphatic rings. The molecule has 3 N–H and O–H groups in total. The number of anilines is 1. The number of benzene rings is 1. The van der Waals surface area contributed by atoms with Crippen molar-refractivity contribution in [2.45, 2.75) is 18.9 Å². The van der Waals surface area contributed by atoms with Crippen LogP contribution in [0.5, 0.6) is 0 Å². The summed E-state index contributed by atoms with van der Waals surface area (Å²) in [5, 5.41) is 5.14. The van der Waals surface area contributed by atoms with E-state index in [0.29, 0.717) is 29.6 Å². The van der Waals surface area contributed by atoms with Crippen molar-refractivity contribution in [2.75, 3.05) is 32.5 Å². The molecule has 5 rings (SSSR count).